The highest BCUT2D eigenvalue weighted by Gasteiger charge is 2.32. The fourth-order valence-electron chi connectivity index (χ4n) is 3.54. The Morgan fingerprint density at radius 1 is 0.938 bits per heavy atom. The van der Waals surface area contributed by atoms with Gasteiger partial charge >= 0.3 is 0 Å². The third-order valence-electron chi connectivity index (χ3n) is 5.15. The molecule has 0 aromatic heterocycles. The first kappa shape index (κ1) is 21.8. The van der Waals surface area contributed by atoms with Crippen LogP contribution < -0.4 is 10.0 Å². The lowest BCUT2D eigenvalue weighted by atomic mass is 9.91. The quantitative estimate of drug-likeness (QED) is 0.553. The van der Waals surface area contributed by atoms with E-state index in [0.29, 0.717) is 6.07 Å². The number of anilines is 1. The first-order valence-corrected chi connectivity index (χ1v) is 11.0. The molecule has 0 bridgehead atoms. The van der Waals surface area contributed by atoms with Gasteiger partial charge in [0.05, 0.1) is 12.2 Å². The molecule has 4 rings (SSSR count). The van der Waals surface area contributed by atoms with Crippen LogP contribution in [0.4, 0.5) is 23.2 Å². The van der Waals surface area contributed by atoms with Gasteiger partial charge in [0.15, 0.2) is 0 Å². The minimum Gasteiger partial charge on any atom is -0.324 e. The summed E-state index contributed by atoms with van der Waals surface area (Å²) in [6.07, 6.45) is 0. The van der Waals surface area contributed by atoms with Crippen molar-refractivity contribution in [3.05, 3.63) is 94.6 Å². The predicted octanol–water partition coefficient (Wildman–Crippen LogP) is 4.65. The maximum Gasteiger partial charge on any atom is 0.266 e. The number of halogens is 4. The molecular formula is C22H17F4N3O2S. The third kappa shape index (κ3) is 4.05. The van der Waals surface area contributed by atoms with Crippen molar-refractivity contribution in [1.29, 1.82) is 0 Å². The number of sulfonamides is 1. The second kappa shape index (κ2) is 8.27. The van der Waals surface area contributed by atoms with Crippen molar-refractivity contribution >= 4 is 21.7 Å². The van der Waals surface area contributed by atoms with E-state index in [4.69, 9.17) is 0 Å². The molecule has 0 aliphatic carbocycles. The first-order chi connectivity index (χ1) is 15.2. The van der Waals surface area contributed by atoms with Gasteiger partial charge in [-0.25, -0.2) is 35.7 Å². The zero-order valence-corrected chi connectivity index (χ0v) is 17.5. The summed E-state index contributed by atoms with van der Waals surface area (Å²) in [7, 11) is -4.13. The summed E-state index contributed by atoms with van der Waals surface area (Å²) >= 11 is 0. The lowest BCUT2D eigenvalue weighted by molar-refractivity contribution is 0.572. The van der Waals surface area contributed by atoms with E-state index < -0.39 is 39.2 Å². The molecule has 3 aromatic carbocycles. The van der Waals surface area contributed by atoms with Crippen molar-refractivity contribution in [2.45, 2.75) is 24.3 Å². The molecule has 1 unspecified atom stereocenters. The number of hydrogen-bond donors (Lipinski definition) is 2. The molecule has 1 aliphatic rings. The zero-order chi connectivity index (χ0) is 23.0. The highest BCUT2D eigenvalue weighted by molar-refractivity contribution is 7.90. The smallest absolute Gasteiger partial charge is 0.266 e. The van der Waals surface area contributed by atoms with E-state index in [2.05, 4.69) is 15.0 Å². The van der Waals surface area contributed by atoms with Crippen LogP contribution in [0.5, 0.6) is 0 Å². The second-order valence-electron chi connectivity index (χ2n) is 7.21. The van der Waals surface area contributed by atoms with Crippen LogP contribution in [0.2, 0.25) is 0 Å². The van der Waals surface area contributed by atoms with Gasteiger partial charge in [0.25, 0.3) is 10.0 Å². The Morgan fingerprint density at radius 3 is 2.41 bits per heavy atom. The van der Waals surface area contributed by atoms with E-state index in [1.165, 1.54) is 24.3 Å². The van der Waals surface area contributed by atoms with Gasteiger partial charge in [-0.1, -0.05) is 31.2 Å². The van der Waals surface area contributed by atoms with Crippen molar-refractivity contribution < 1.29 is 26.0 Å². The zero-order valence-electron chi connectivity index (χ0n) is 16.7. The number of rotatable bonds is 4. The summed E-state index contributed by atoms with van der Waals surface area (Å²) in [5.41, 5.74) is 0.0745. The van der Waals surface area contributed by atoms with Crippen LogP contribution in [0, 0.1) is 23.3 Å². The molecule has 0 spiro atoms. The lowest BCUT2D eigenvalue weighted by Gasteiger charge is -2.26. The molecular weight excluding hydrogens is 446 g/mol. The fourth-order valence-corrected chi connectivity index (χ4v) is 4.70. The summed E-state index contributed by atoms with van der Waals surface area (Å²) in [5.74, 6) is -3.99. The molecule has 0 amide bonds. The van der Waals surface area contributed by atoms with Crippen molar-refractivity contribution in [3.8, 4) is 0 Å². The van der Waals surface area contributed by atoms with Crippen LogP contribution in [0.25, 0.3) is 0 Å². The minimum atomic E-state index is -4.13. The van der Waals surface area contributed by atoms with Gasteiger partial charge in [0.2, 0.25) is 5.96 Å². The number of aliphatic imine (C=N–C) groups is 1. The Bertz CT molecular complexity index is 1340. The summed E-state index contributed by atoms with van der Waals surface area (Å²) in [6.45, 7) is 1.25. The summed E-state index contributed by atoms with van der Waals surface area (Å²) in [4.78, 5) is 3.78. The monoisotopic (exact) mass is 463 g/mol. The van der Waals surface area contributed by atoms with Gasteiger partial charge in [-0.2, -0.15) is 0 Å². The molecule has 1 heterocycles. The van der Waals surface area contributed by atoms with Crippen LogP contribution in [-0.2, 0) is 16.6 Å². The molecule has 5 nitrogen and oxygen atoms in total. The van der Waals surface area contributed by atoms with Crippen LogP contribution in [0.15, 0.2) is 64.5 Å². The van der Waals surface area contributed by atoms with Crippen molar-refractivity contribution in [3.63, 3.8) is 0 Å². The van der Waals surface area contributed by atoms with E-state index in [-0.39, 0.29) is 39.8 Å². The molecule has 2 N–H and O–H groups in total. The summed E-state index contributed by atoms with van der Waals surface area (Å²) < 4.78 is 83.9. The summed E-state index contributed by atoms with van der Waals surface area (Å²) in [5, 5.41) is 2.73. The van der Waals surface area contributed by atoms with Gasteiger partial charge in [0.1, 0.15) is 28.2 Å². The van der Waals surface area contributed by atoms with E-state index in [1.807, 2.05) is 0 Å². The highest BCUT2D eigenvalue weighted by atomic mass is 32.2. The molecule has 1 aliphatic heterocycles. The highest BCUT2D eigenvalue weighted by Crippen LogP contribution is 2.38. The third-order valence-corrected chi connectivity index (χ3v) is 6.53. The van der Waals surface area contributed by atoms with Gasteiger partial charge < -0.3 is 5.32 Å². The predicted molar refractivity (Wildman–Crippen MR) is 112 cm³/mol. The number of hydrogen-bond acceptors (Lipinski definition) is 3. The van der Waals surface area contributed by atoms with Crippen LogP contribution in [0.1, 0.15) is 29.5 Å². The SMILES string of the molecule is CC(c1ccccc1F)c1c(F)ccc2c1NC(=NCc1ccc(F)cc1F)NS2(=O)=O. The molecule has 0 fully saturated rings. The number of fused-ring (bicyclic) bond motifs is 1. The van der Waals surface area contributed by atoms with E-state index >= 15 is 0 Å². The largest absolute Gasteiger partial charge is 0.324 e. The van der Waals surface area contributed by atoms with E-state index in [1.54, 1.807) is 13.0 Å². The van der Waals surface area contributed by atoms with Crippen LogP contribution in [0.3, 0.4) is 0 Å². The molecule has 10 heteroatoms. The van der Waals surface area contributed by atoms with E-state index in [9.17, 15) is 26.0 Å². The number of nitrogens with one attached hydrogen (secondary N) is 2. The first-order valence-electron chi connectivity index (χ1n) is 9.52. The van der Waals surface area contributed by atoms with Gasteiger partial charge in [-0.3, -0.25) is 0 Å². The Morgan fingerprint density at radius 2 is 1.69 bits per heavy atom. The molecule has 0 radical (unpaired) electrons. The number of benzene rings is 3. The number of guanidine groups is 1. The molecule has 32 heavy (non-hydrogen) atoms. The van der Waals surface area contributed by atoms with E-state index in [0.717, 1.165) is 18.2 Å². The lowest BCUT2D eigenvalue weighted by Crippen LogP contribution is -2.41. The standard InChI is InChI=1S/C22H17F4N3O2S/c1-12(15-4-2-3-5-16(15)24)20-17(25)8-9-19-21(20)28-22(29-32(19,30)31)27-11-13-6-7-14(23)10-18(13)26/h2-10,12H,11H2,1H3,(H2,27,28,29). The van der Waals surface area contributed by atoms with Crippen LogP contribution >= 0.6 is 0 Å². The van der Waals surface area contributed by atoms with Crippen molar-refractivity contribution in [2.75, 3.05) is 5.32 Å². The van der Waals surface area contributed by atoms with Crippen LogP contribution in [-0.4, -0.2) is 14.4 Å². The fraction of sp³-hybridized carbons (Fsp3) is 0.136. The average Bonchev–Trinajstić information content (AvgIpc) is 2.72. The summed E-state index contributed by atoms with van der Waals surface area (Å²) in [6, 6.07) is 10.8. The molecule has 0 saturated heterocycles. The number of nitrogens with zero attached hydrogens (tertiary/aromatic N) is 1. The molecule has 1 atom stereocenters. The molecule has 166 valence electrons. The Balaban J connectivity index is 1.77. The van der Waals surface area contributed by atoms with Gasteiger partial charge in [0, 0.05) is 23.1 Å². The minimum absolute atomic E-state index is 0.0323. The van der Waals surface area contributed by atoms with Gasteiger partial charge in [-0.15, -0.1) is 0 Å². The van der Waals surface area contributed by atoms with Gasteiger partial charge in [-0.05, 0) is 29.8 Å². The normalized spacial score (nSPS) is 16.7. The maximum atomic E-state index is 14.9. The van der Waals surface area contributed by atoms with Crippen molar-refractivity contribution in [2.24, 2.45) is 4.99 Å². The van der Waals surface area contributed by atoms with Crippen molar-refractivity contribution in [1.82, 2.24) is 4.72 Å². The second-order valence-corrected chi connectivity index (χ2v) is 8.86. The average molecular weight is 463 g/mol. The maximum absolute atomic E-state index is 14.9. The molecule has 3 aromatic rings. The molecule has 0 saturated carbocycles. The Labute approximate surface area is 181 Å². The Hall–Kier alpha value is -3.40. The Kier molecular flexibility index (Phi) is 5.64. The topological polar surface area (TPSA) is 70.6 Å².